The number of anilines is 2. The molecule has 0 unspecified atom stereocenters. The molecule has 0 saturated heterocycles. The van der Waals surface area contributed by atoms with E-state index in [4.69, 9.17) is 0 Å². The molecule has 0 atom stereocenters. The number of hydrogen-bond acceptors (Lipinski definition) is 2. The molecular weight excluding hydrogens is 1140 g/mol. The second-order valence-corrected chi connectivity index (χ2v) is 19.4. The Kier molecular flexibility index (Phi) is 25.8. The largest absolute Gasteiger partial charge is 0.372 e. The predicted molar refractivity (Wildman–Crippen MR) is 289 cm³/mol. The highest BCUT2D eigenvalue weighted by atomic mass is 127. The van der Waals surface area contributed by atoms with Crippen LogP contribution in [0.1, 0.15) is 125 Å². The first-order chi connectivity index (χ1) is 27.6. The van der Waals surface area contributed by atoms with Crippen LogP contribution in [0.3, 0.4) is 0 Å². The van der Waals surface area contributed by atoms with E-state index in [-0.39, 0.29) is 0 Å². The molecule has 0 bridgehead atoms. The molecule has 6 heteroatoms. The van der Waals surface area contributed by atoms with Crippen LogP contribution in [0.5, 0.6) is 0 Å². The summed E-state index contributed by atoms with van der Waals surface area (Å²) in [5.74, 6) is 0. The topological polar surface area (TPSA) is 6.48 Å². The summed E-state index contributed by atoms with van der Waals surface area (Å²) in [7, 11) is 0. The third-order valence-electron chi connectivity index (χ3n) is 10.6. The van der Waals surface area contributed by atoms with E-state index >= 15 is 0 Å². The molecule has 0 radical (unpaired) electrons. The minimum Gasteiger partial charge on any atom is -0.372 e. The molecule has 0 heterocycles. The molecule has 2 nitrogen and oxygen atoms in total. The lowest BCUT2D eigenvalue weighted by Gasteiger charge is -2.25. The lowest BCUT2D eigenvalue weighted by Crippen LogP contribution is -2.25. The maximum absolute atomic E-state index is 2.63. The van der Waals surface area contributed by atoms with Crippen molar-refractivity contribution in [1.82, 2.24) is 0 Å². The molecule has 4 rings (SSSR count). The van der Waals surface area contributed by atoms with Crippen LogP contribution in [-0.2, 0) is 0 Å². The van der Waals surface area contributed by atoms with E-state index in [1.807, 2.05) is 0 Å². The van der Waals surface area contributed by atoms with Gasteiger partial charge < -0.3 is 9.80 Å². The van der Waals surface area contributed by atoms with Crippen LogP contribution < -0.4 is 9.80 Å². The first-order valence-electron chi connectivity index (χ1n) is 21.5. The summed E-state index contributed by atoms with van der Waals surface area (Å²) in [6, 6.07) is 32.1. The fourth-order valence-electron chi connectivity index (χ4n) is 7.21. The van der Waals surface area contributed by atoms with Crippen molar-refractivity contribution < 1.29 is 0 Å². The van der Waals surface area contributed by atoms with Crippen molar-refractivity contribution in [2.24, 2.45) is 0 Å². The summed E-state index contributed by atoms with van der Waals surface area (Å²) < 4.78 is 5.11. The molecular formula is C50H66I4N2. The van der Waals surface area contributed by atoms with Gasteiger partial charge in [-0.2, -0.15) is 0 Å². The first-order valence-corrected chi connectivity index (χ1v) is 27.6. The SMILES string of the molecule is ICCCCCCN(CCCCCCI)c1ccc(/C=C/c2ccc3cc(/C=C/c4ccc(N(CCCCCCI)CCCCCCI)cc4)ccc3c2)cc1. The average molecular weight is 1200 g/mol. The Labute approximate surface area is 396 Å². The maximum Gasteiger partial charge on any atom is 0.0366 e. The van der Waals surface area contributed by atoms with Gasteiger partial charge in [0, 0.05) is 37.6 Å². The van der Waals surface area contributed by atoms with Crippen LogP contribution in [0, 0.1) is 0 Å². The lowest BCUT2D eigenvalue weighted by atomic mass is 10.0. The summed E-state index contributed by atoms with van der Waals surface area (Å²) in [5, 5.41) is 2.56. The zero-order valence-electron chi connectivity index (χ0n) is 33.8. The number of benzene rings is 4. The summed E-state index contributed by atoms with van der Waals surface area (Å²) in [6.07, 6.45) is 30.3. The fourth-order valence-corrected chi connectivity index (χ4v) is 9.37. The molecule has 0 N–H and O–H groups in total. The Morgan fingerprint density at radius 3 is 0.875 bits per heavy atom. The van der Waals surface area contributed by atoms with Crippen molar-refractivity contribution in [3.05, 3.63) is 107 Å². The summed E-state index contributed by atoms with van der Waals surface area (Å²) in [5.41, 5.74) is 7.72. The van der Waals surface area contributed by atoms with Crippen molar-refractivity contribution in [3.63, 3.8) is 0 Å². The first kappa shape index (κ1) is 47.8. The minimum absolute atomic E-state index is 1.17. The van der Waals surface area contributed by atoms with Crippen LogP contribution in [-0.4, -0.2) is 43.9 Å². The third kappa shape index (κ3) is 19.0. The van der Waals surface area contributed by atoms with Crippen molar-refractivity contribution in [2.45, 2.75) is 103 Å². The number of fused-ring (bicyclic) bond motifs is 1. The van der Waals surface area contributed by atoms with Gasteiger partial charge in [-0.15, -0.1) is 0 Å². The number of alkyl halides is 4. The van der Waals surface area contributed by atoms with Crippen LogP contribution in [0.4, 0.5) is 11.4 Å². The molecule has 0 aliphatic heterocycles. The molecule has 0 aromatic heterocycles. The monoisotopic (exact) mass is 1200 g/mol. The van der Waals surface area contributed by atoms with E-state index in [1.54, 1.807) is 0 Å². The second kappa shape index (κ2) is 30.2. The lowest BCUT2D eigenvalue weighted by molar-refractivity contribution is 0.612. The molecule has 56 heavy (non-hydrogen) atoms. The normalized spacial score (nSPS) is 11.7. The number of unbranched alkanes of at least 4 members (excludes halogenated alkanes) is 12. The van der Waals surface area contributed by atoms with Crippen molar-refractivity contribution in [3.8, 4) is 0 Å². The molecule has 0 aliphatic rings. The minimum atomic E-state index is 1.17. The average Bonchev–Trinajstić information content (AvgIpc) is 3.23. The molecule has 0 fully saturated rings. The van der Waals surface area contributed by atoms with E-state index in [0.717, 1.165) is 0 Å². The number of halogens is 4. The van der Waals surface area contributed by atoms with E-state index in [2.05, 4.69) is 209 Å². The Hall–Kier alpha value is -0.860. The Balaban J connectivity index is 1.33. The summed E-state index contributed by atoms with van der Waals surface area (Å²) >= 11 is 10.0. The van der Waals surface area contributed by atoms with E-state index in [1.165, 1.54) is 191 Å². The van der Waals surface area contributed by atoms with Crippen molar-refractivity contribution >= 4 is 137 Å². The van der Waals surface area contributed by atoms with Crippen LogP contribution in [0.15, 0.2) is 84.9 Å². The van der Waals surface area contributed by atoms with Crippen molar-refractivity contribution in [1.29, 1.82) is 0 Å². The Morgan fingerprint density at radius 2 is 0.571 bits per heavy atom. The van der Waals surface area contributed by atoms with Crippen LogP contribution in [0.2, 0.25) is 0 Å². The zero-order valence-corrected chi connectivity index (χ0v) is 42.4. The van der Waals surface area contributed by atoms with E-state index in [9.17, 15) is 0 Å². The molecule has 304 valence electrons. The van der Waals surface area contributed by atoms with Crippen LogP contribution in [0.25, 0.3) is 35.1 Å². The van der Waals surface area contributed by atoms with E-state index in [0.29, 0.717) is 0 Å². The van der Waals surface area contributed by atoms with Gasteiger partial charge >= 0.3 is 0 Å². The van der Waals surface area contributed by atoms with Crippen LogP contribution >= 0.6 is 90.4 Å². The van der Waals surface area contributed by atoms with E-state index < -0.39 is 0 Å². The number of hydrogen-bond donors (Lipinski definition) is 0. The number of nitrogens with zero attached hydrogens (tertiary/aromatic N) is 2. The zero-order chi connectivity index (χ0) is 39.5. The van der Waals surface area contributed by atoms with Gasteiger partial charge in [-0.3, -0.25) is 0 Å². The highest BCUT2D eigenvalue weighted by Gasteiger charge is 2.08. The Morgan fingerprint density at radius 1 is 0.304 bits per heavy atom. The predicted octanol–water partition coefficient (Wildman–Crippen LogP) is 16.8. The quantitative estimate of drug-likeness (QED) is 0.0222. The second-order valence-electron chi connectivity index (χ2n) is 15.1. The standard InChI is InChI=1S/C50H66I4N2/c51-33-9-1-5-13-37-55(38-14-6-2-10-34-52)49-29-23-43(24-30-49)17-19-45-21-27-48-42-46(22-28-47(48)41-45)20-18-44-25-31-50(32-26-44)56(39-15-7-3-11-35-53)40-16-8-4-12-36-54/h17-32,41-42H,1-16,33-40H2/b19-17+,20-18+. The van der Waals surface area contributed by atoms with Gasteiger partial charge in [0.05, 0.1) is 0 Å². The smallest absolute Gasteiger partial charge is 0.0366 e. The van der Waals surface area contributed by atoms with Gasteiger partial charge in [0.1, 0.15) is 0 Å². The van der Waals surface area contributed by atoms with Gasteiger partial charge in [-0.05, 0) is 139 Å². The van der Waals surface area contributed by atoms with Gasteiger partial charge in [0.2, 0.25) is 0 Å². The fraction of sp³-hybridized carbons (Fsp3) is 0.480. The number of rotatable bonds is 30. The molecule has 4 aromatic carbocycles. The third-order valence-corrected chi connectivity index (χ3v) is 13.6. The van der Waals surface area contributed by atoms with Gasteiger partial charge in [-0.25, -0.2) is 0 Å². The van der Waals surface area contributed by atoms with Gasteiger partial charge in [0.15, 0.2) is 0 Å². The highest BCUT2D eigenvalue weighted by Crippen LogP contribution is 2.24. The molecule has 4 aromatic rings. The Bertz CT molecular complexity index is 1510. The highest BCUT2D eigenvalue weighted by molar-refractivity contribution is 14.1. The molecule has 0 aliphatic carbocycles. The maximum atomic E-state index is 2.63. The molecule has 0 saturated carbocycles. The molecule has 0 amide bonds. The summed E-state index contributed by atoms with van der Waals surface area (Å²) in [6.45, 7) is 4.67. The van der Waals surface area contributed by atoms with Gasteiger partial charge in [0.25, 0.3) is 0 Å². The van der Waals surface area contributed by atoms with Gasteiger partial charge in [-0.1, -0.05) is 215 Å². The van der Waals surface area contributed by atoms with Crippen molar-refractivity contribution in [2.75, 3.05) is 53.7 Å². The summed E-state index contributed by atoms with van der Waals surface area (Å²) in [4.78, 5) is 5.26. The molecule has 0 spiro atoms.